The van der Waals surface area contributed by atoms with Gasteiger partial charge in [0, 0.05) is 34.5 Å². The van der Waals surface area contributed by atoms with Gasteiger partial charge in [0.05, 0.1) is 12.0 Å². The number of aliphatic hydroxyl groups is 1. The Morgan fingerprint density at radius 2 is 1.83 bits per heavy atom. The molecule has 0 aromatic carbocycles. The highest BCUT2D eigenvalue weighted by Crippen LogP contribution is 2.29. The van der Waals surface area contributed by atoms with E-state index in [4.69, 9.17) is 9.47 Å². The van der Waals surface area contributed by atoms with Crippen molar-refractivity contribution < 1.29 is 14.6 Å². The zero-order valence-electron chi connectivity index (χ0n) is 11.8. The van der Waals surface area contributed by atoms with Crippen LogP contribution in [0.25, 0.3) is 0 Å². The summed E-state index contributed by atoms with van der Waals surface area (Å²) >= 11 is 0. The van der Waals surface area contributed by atoms with Crippen molar-refractivity contribution in [1.82, 2.24) is 4.90 Å². The lowest BCUT2D eigenvalue weighted by Gasteiger charge is -2.27. The number of aliphatic hydroxyl groups excluding tert-OH is 1. The summed E-state index contributed by atoms with van der Waals surface area (Å²) in [5.74, 6) is -0.190. The molecule has 1 aliphatic carbocycles. The van der Waals surface area contributed by atoms with Gasteiger partial charge in [-0.25, -0.2) is 0 Å². The van der Waals surface area contributed by atoms with Crippen molar-refractivity contribution in [1.29, 1.82) is 0 Å². The SMILES string of the molecule is COC(OC)C(C1=C/C(=C\N(C)C)C=C1)C(C)O. The Morgan fingerprint density at radius 3 is 2.28 bits per heavy atom. The number of nitrogens with zero attached hydrogens (tertiary/aromatic N) is 1. The highest BCUT2D eigenvalue weighted by Gasteiger charge is 2.29. The molecule has 18 heavy (non-hydrogen) atoms. The Morgan fingerprint density at radius 1 is 1.22 bits per heavy atom. The lowest BCUT2D eigenvalue weighted by Crippen LogP contribution is -2.33. The maximum atomic E-state index is 9.91. The van der Waals surface area contributed by atoms with Crippen molar-refractivity contribution in [3.8, 4) is 0 Å². The van der Waals surface area contributed by atoms with E-state index in [-0.39, 0.29) is 5.92 Å². The molecule has 4 heteroatoms. The molecule has 0 spiro atoms. The van der Waals surface area contributed by atoms with Gasteiger partial charge < -0.3 is 19.5 Å². The summed E-state index contributed by atoms with van der Waals surface area (Å²) in [6.07, 6.45) is 7.11. The Hall–Kier alpha value is -1.10. The monoisotopic (exact) mass is 253 g/mol. The minimum absolute atomic E-state index is 0.190. The second-order valence-electron chi connectivity index (χ2n) is 4.68. The maximum Gasteiger partial charge on any atom is 0.166 e. The number of allylic oxidation sites excluding steroid dienone is 4. The van der Waals surface area contributed by atoms with Gasteiger partial charge in [-0.05, 0) is 24.1 Å². The van der Waals surface area contributed by atoms with Crippen LogP contribution in [0.15, 0.2) is 35.6 Å². The van der Waals surface area contributed by atoms with Gasteiger partial charge in [-0.3, -0.25) is 0 Å². The first-order valence-electron chi connectivity index (χ1n) is 6.01. The molecule has 102 valence electrons. The van der Waals surface area contributed by atoms with Gasteiger partial charge in [-0.15, -0.1) is 0 Å². The Labute approximate surface area is 109 Å². The topological polar surface area (TPSA) is 41.9 Å². The minimum Gasteiger partial charge on any atom is -0.393 e. The fraction of sp³-hybridized carbons (Fsp3) is 0.571. The predicted molar refractivity (Wildman–Crippen MR) is 72.0 cm³/mol. The van der Waals surface area contributed by atoms with Crippen LogP contribution in [0.5, 0.6) is 0 Å². The summed E-state index contributed by atoms with van der Waals surface area (Å²) in [5, 5.41) is 9.91. The Kier molecular flexibility index (Phi) is 5.59. The first-order valence-corrected chi connectivity index (χ1v) is 6.01. The molecular weight excluding hydrogens is 230 g/mol. The third-order valence-corrected chi connectivity index (χ3v) is 2.87. The molecule has 0 heterocycles. The minimum atomic E-state index is -0.537. The lowest BCUT2D eigenvalue weighted by atomic mass is 9.94. The lowest BCUT2D eigenvalue weighted by molar-refractivity contribution is -0.147. The van der Waals surface area contributed by atoms with Crippen LogP contribution < -0.4 is 0 Å². The fourth-order valence-electron chi connectivity index (χ4n) is 2.12. The van der Waals surface area contributed by atoms with E-state index in [1.165, 1.54) is 0 Å². The van der Waals surface area contributed by atoms with E-state index < -0.39 is 12.4 Å². The molecule has 2 atom stereocenters. The van der Waals surface area contributed by atoms with Gasteiger partial charge in [-0.2, -0.15) is 0 Å². The molecule has 0 fully saturated rings. The van der Waals surface area contributed by atoms with Gasteiger partial charge in [-0.1, -0.05) is 12.2 Å². The summed E-state index contributed by atoms with van der Waals surface area (Å²) < 4.78 is 10.5. The Balaban J connectivity index is 2.93. The number of rotatable bonds is 6. The van der Waals surface area contributed by atoms with Crippen LogP contribution in [0.3, 0.4) is 0 Å². The largest absolute Gasteiger partial charge is 0.393 e. The summed E-state index contributed by atoms with van der Waals surface area (Å²) in [5.41, 5.74) is 2.12. The van der Waals surface area contributed by atoms with Crippen molar-refractivity contribution in [2.24, 2.45) is 5.92 Å². The number of hydrogen-bond acceptors (Lipinski definition) is 4. The zero-order chi connectivity index (χ0) is 13.7. The molecule has 0 saturated heterocycles. The number of ether oxygens (including phenoxy) is 2. The molecule has 0 saturated carbocycles. The molecular formula is C14H23NO3. The van der Waals surface area contributed by atoms with Crippen LogP contribution >= 0.6 is 0 Å². The molecule has 0 radical (unpaired) electrons. The van der Waals surface area contributed by atoms with E-state index in [0.717, 1.165) is 11.1 Å². The predicted octanol–water partition coefficient (Wildman–Crippen LogP) is 1.54. The van der Waals surface area contributed by atoms with E-state index >= 15 is 0 Å². The highest BCUT2D eigenvalue weighted by molar-refractivity contribution is 5.47. The molecule has 2 unspecified atom stereocenters. The molecule has 0 aromatic rings. The quantitative estimate of drug-likeness (QED) is 0.729. The molecule has 0 amide bonds. The first-order chi connectivity index (χ1) is 8.49. The molecule has 1 rings (SSSR count). The summed E-state index contributed by atoms with van der Waals surface area (Å²) in [6.45, 7) is 1.75. The fourth-order valence-corrected chi connectivity index (χ4v) is 2.12. The van der Waals surface area contributed by atoms with Crippen molar-refractivity contribution in [3.05, 3.63) is 35.6 Å². The Bertz CT molecular complexity index is 352. The van der Waals surface area contributed by atoms with Gasteiger partial charge >= 0.3 is 0 Å². The third-order valence-electron chi connectivity index (χ3n) is 2.87. The van der Waals surface area contributed by atoms with Crippen LogP contribution in [-0.2, 0) is 9.47 Å². The van der Waals surface area contributed by atoms with Gasteiger partial charge in [0.25, 0.3) is 0 Å². The van der Waals surface area contributed by atoms with Gasteiger partial charge in [0.1, 0.15) is 0 Å². The smallest absolute Gasteiger partial charge is 0.166 e. The van der Waals surface area contributed by atoms with Crippen molar-refractivity contribution in [3.63, 3.8) is 0 Å². The third kappa shape index (κ3) is 3.70. The van der Waals surface area contributed by atoms with Crippen molar-refractivity contribution >= 4 is 0 Å². The molecule has 1 N–H and O–H groups in total. The molecule has 0 aromatic heterocycles. The first kappa shape index (κ1) is 15.0. The second kappa shape index (κ2) is 6.73. The highest BCUT2D eigenvalue weighted by atomic mass is 16.7. The second-order valence-corrected chi connectivity index (χ2v) is 4.68. The average Bonchev–Trinajstić information content (AvgIpc) is 2.72. The van der Waals surface area contributed by atoms with Gasteiger partial charge in [0.15, 0.2) is 6.29 Å². The average molecular weight is 253 g/mol. The van der Waals surface area contributed by atoms with E-state index in [9.17, 15) is 5.11 Å². The van der Waals surface area contributed by atoms with Crippen molar-refractivity contribution in [2.75, 3.05) is 28.3 Å². The van der Waals surface area contributed by atoms with E-state index in [2.05, 4.69) is 0 Å². The zero-order valence-corrected chi connectivity index (χ0v) is 11.8. The maximum absolute atomic E-state index is 9.91. The molecule has 4 nitrogen and oxygen atoms in total. The molecule has 0 aliphatic heterocycles. The van der Waals surface area contributed by atoms with Crippen LogP contribution in [0.1, 0.15) is 6.92 Å². The van der Waals surface area contributed by atoms with Crippen LogP contribution in [0.4, 0.5) is 0 Å². The number of methoxy groups -OCH3 is 2. The van der Waals surface area contributed by atoms with Crippen LogP contribution in [0, 0.1) is 5.92 Å². The molecule has 0 bridgehead atoms. The van der Waals surface area contributed by atoms with Crippen LogP contribution in [0.2, 0.25) is 0 Å². The van der Waals surface area contributed by atoms with E-state index in [1.54, 1.807) is 21.1 Å². The van der Waals surface area contributed by atoms with E-state index in [1.807, 2.05) is 43.4 Å². The summed E-state index contributed by atoms with van der Waals surface area (Å²) in [4.78, 5) is 1.99. The van der Waals surface area contributed by atoms with Crippen LogP contribution in [-0.4, -0.2) is 50.7 Å². The van der Waals surface area contributed by atoms with Crippen molar-refractivity contribution in [2.45, 2.75) is 19.3 Å². The van der Waals surface area contributed by atoms with E-state index in [0.29, 0.717) is 0 Å². The number of hydrogen-bond donors (Lipinski definition) is 1. The summed E-state index contributed by atoms with van der Waals surface area (Å²) in [7, 11) is 7.12. The van der Waals surface area contributed by atoms with Gasteiger partial charge in [0.2, 0.25) is 0 Å². The summed E-state index contributed by atoms with van der Waals surface area (Å²) in [6, 6.07) is 0. The standard InChI is InChI=1S/C14H23NO3/c1-10(16)13(14(17-4)18-5)12-7-6-11(8-12)9-15(2)3/h6-10,13-14,16H,1-5H3/b11-9-. The normalized spacial score (nSPS) is 20.4. The molecule has 1 aliphatic rings.